The summed E-state index contributed by atoms with van der Waals surface area (Å²) in [6.45, 7) is 3.62. The third-order valence-corrected chi connectivity index (χ3v) is 2.94. The molecule has 0 heterocycles. The van der Waals surface area contributed by atoms with Gasteiger partial charge in [0.15, 0.2) is 0 Å². The first-order valence-corrected chi connectivity index (χ1v) is 5.69. The molecule has 0 aliphatic rings. The summed E-state index contributed by atoms with van der Waals surface area (Å²) in [5, 5.41) is 9.74. The average Bonchev–Trinajstić information content (AvgIpc) is 2.11. The molecule has 0 radical (unpaired) electrons. The van der Waals surface area contributed by atoms with E-state index in [0.717, 1.165) is 4.47 Å². The zero-order valence-electron chi connectivity index (χ0n) is 7.91. The molecule has 1 aromatic carbocycles. The third kappa shape index (κ3) is 3.79. The summed E-state index contributed by atoms with van der Waals surface area (Å²) < 4.78 is 1.53. The molecule has 0 fully saturated rings. The highest BCUT2D eigenvalue weighted by molar-refractivity contribution is 9.11. The van der Waals surface area contributed by atoms with Crippen molar-refractivity contribution < 1.29 is 5.11 Å². The van der Waals surface area contributed by atoms with Crippen LogP contribution in [0, 0.1) is 0 Å². The first kappa shape index (κ1) is 15.0. The van der Waals surface area contributed by atoms with Crippen LogP contribution in [0.3, 0.4) is 0 Å². The topological polar surface area (TPSA) is 46.2 Å². The first-order valence-electron chi connectivity index (χ1n) is 4.10. The van der Waals surface area contributed by atoms with Gasteiger partial charge in [0.25, 0.3) is 0 Å². The molecule has 0 aromatic heterocycles. The van der Waals surface area contributed by atoms with Gasteiger partial charge in [-0.15, -0.1) is 19.0 Å². The van der Waals surface area contributed by atoms with Gasteiger partial charge >= 0.3 is 0 Å². The molecule has 15 heavy (non-hydrogen) atoms. The summed E-state index contributed by atoms with van der Waals surface area (Å²) in [4.78, 5) is 0. The zero-order valence-corrected chi connectivity index (χ0v) is 11.9. The van der Waals surface area contributed by atoms with Gasteiger partial charge in [-0.2, -0.15) is 0 Å². The van der Waals surface area contributed by atoms with E-state index in [1.807, 2.05) is 6.07 Å². The molecule has 0 saturated carbocycles. The van der Waals surface area contributed by atoms with Crippen LogP contribution in [-0.2, 0) is 0 Å². The lowest BCUT2D eigenvalue weighted by Crippen LogP contribution is -2.09. The lowest BCUT2D eigenvalue weighted by atomic mass is 10.0. The number of nitrogens with two attached hydrogens (primary N) is 1. The number of phenols is 1. The fourth-order valence-corrected chi connectivity index (χ4v) is 2.43. The van der Waals surface area contributed by atoms with Crippen LogP contribution >= 0.6 is 44.3 Å². The zero-order chi connectivity index (χ0) is 10.7. The Hall–Kier alpha value is -0.0300. The third-order valence-electron chi connectivity index (χ3n) is 1.88. The molecular formula is C10H12Br2ClNO. The number of hydrogen-bond donors (Lipinski definition) is 2. The lowest BCUT2D eigenvalue weighted by molar-refractivity contribution is 0.458. The van der Waals surface area contributed by atoms with Crippen LogP contribution in [0.1, 0.15) is 18.0 Å². The van der Waals surface area contributed by atoms with Gasteiger partial charge < -0.3 is 10.8 Å². The molecule has 1 rings (SSSR count). The van der Waals surface area contributed by atoms with E-state index in [4.69, 9.17) is 5.73 Å². The highest BCUT2D eigenvalue weighted by Gasteiger charge is 2.12. The monoisotopic (exact) mass is 355 g/mol. The van der Waals surface area contributed by atoms with E-state index < -0.39 is 0 Å². The molecule has 0 saturated heterocycles. The Kier molecular flexibility index (Phi) is 6.52. The van der Waals surface area contributed by atoms with Crippen molar-refractivity contribution in [3.05, 3.63) is 39.3 Å². The SMILES string of the molecule is C=CC[C@H](N)c1cc(Br)cc(Br)c1O.Cl. The molecule has 0 amide bonds. The van der Waals surface area contributed by atoms with Gasteiger partial charge in [-0.25, -0.2) is 0 Å². The molecular weight excluding hydrogens is 345 g/mol. The maximum atomic E-state index is 9.74. The molecule has 0 spiro atoms. The van der Waals surface area contributed by atoms with Gasteiger partial charge in [-0.3, -0.25) is 0 Å². The predicted octanol–water partition coefficient (Wildman–Crippen LogP) is 3.91. The van der Waals surface area contributed by atoms with Crippen molar-refractivity contribution in [2.75, 3.05) is 0 Å². The summed E-state index contributed by atoms with van der Waals surface area (Å²) in [6, 6.07) is 3.37. The molecule has 1 aromatic rings. The predicted molar refractivity (Wildman–Crippen MR) is 72.5 cm³/mol. The van der Waals surface area contributed by atoms with E-state index in [9.17, 15) is 5.11 Å². The Morgan fingerprint density at radius 2 is 2.07 bits per heavy atom. The van der Waals surface area contributed by atoms with E-state index in [2.05, 4.69) is 38.4 Å². The number of benzene rings is 1. The summed E-state index contributed by atoms with van der Waals surface area (Å²) in [7, 11) is 0. The minimum Gasteiger partial charge on any atom is -0.506 e. The fraction of sp³-hybridized carbons (Fsp3) is 0.200. The average molecular weight is 357 g/mol. The normalized spacial score (nSPS) is 11.7. The van der Waals surface area contributed by atoms with Crippen LogP contribution in [0.25, 0.3) is 0 Å². The number of halogens is 3. The number of hydrogen-bond acceptors (Lipinski definition) is 2. The minimum absolute atomic E-state index is 0. The van der Waals surface area contributed by atoms with Crippen molar-refractivity contribution >= 4 is 44.3 Å². The van der Waals surface area contributed by atoms with E-state index in [-0.39, 0.29) is 24.2 Å². The van der Waals surface area contributed by atoms with Crippen molar-refractivity contribution in [2.45, 2.75) is 12.5 Å². The smallest absolute Gasteiger partial charge is 0.134 e. The van der Waals surface area contributed by atoms with Gasteiger partial charge in [-0.05, 0) is 34.5 Å². The minimum atomic E-state index is -0.221. The maximum absolute atomic E-state index is 9.74. The van der Waals surface area contributed by atoms with Crippen LogP contribution in [0.2, 0.25) is 0 Å². The molecule has 0 bridgehead atoms. The summed E-state index contributed by atoms with van der Waals surface area (Å²) in [5.74, 6) is 0.197. The molecule has 0 aliphatic carbocycles. The number of aromatic hydroxyl groups is 1. The van der Waals surface area contributed by atoms with Crippen LogP contribution in [0.5, 0.6) is 5.75 Å². The fourth-order valence-electron chi connectivity index (χ4n) is 1.18. The van der Waals surface area contributed by atoms with Gasteiger partial charge in [-0.1, -0.05) is 22.0 Å². The van der Waals surface area contributed by atoms with Crippen molar-refractivity contribution in [1.82, 2.24) is 0 Å². The van der Waals surface area contributed by atoms with Crippen LogP contribution in [0.15, 0.2) is 33.7 Å². The number of phenolic OH excluding ortho intramolecular Hbond substituents is 1. The molecule has 1 atom stereocenters. The highest BCUT2D eigenvalue weighted by Crippen LogP contribution is 2.35. The Labute approximate surface area is 112 Å². The largest absolute Gasteiger partial charge is 0.506 e. The van der Waals surface area contributed by atoms with Crippen molar-refractivity contribution in [2.24, 2.45) is 5.73 Å². The van der Waals surface area contributed by atoms with Crippen LogP contribution < -0.4 is 5.73 Å². The van der Waals surface area contributed by atoms with Gasteiger partial charge in [0.05, 0.1) is 4.47 Å². The number of rotatable bonds is 3. The summed E-state index contributed by atoms with van der Waals surface area (Å²) >= 11 is 6.60. The molecule has 5 heteroatoms. The lowest BCUT2D eigenvalue weighted by Gasteiger charge is -2.13. The van der Waals surface area contributed by atoms with Gasteiger partial charge in [0.1, 0.15) is 5.75 Å². The second-order valence-electron chi connectivity index (χ2n) is 2.96. The second-order valence-corrected chi connectivity index (χ2v) is 4.73. The van der Waals surface area contributed by atoms with E-state index >= 15 is 0 Å². The van der Waals surface area contributed by atoms with Crippen LogP contribution in [0.4, 0.5) is 0 Å². The summed E-state index contributed by atoms with van der Waals surface area (Å²) in [6.07, 6.45) is 2.37. The standard InChI is InChI=1S/C10H11Br2NO.ClH/c1-2-3-9(13)7-4-6(11)5-8(12)10(7)14;/h2,4-5,9,14H,1,3,13H2;1H/t9-;/m0./s1. The van der Waals surface area contributed by atoms with Crippen molar-refractivity contribution in [3.8, 4) is 5.75 Å². The quantitative estimate of drug-likeness (QED) is 0.806. The molecule has 84 valence electrons. The summed E-state index contributed by atoms with van der Waals surface area (Å²) in [5.41, 5.74) is 6.59. The Bertz CT molecular complexity index is 358. The Morgan fingerprint density at radius 1 is 1.47 bits per heavy atom. The molecule has 3 N–H and O–H groups in total. The van der Waals surface area contributed by atoms with Gasteiger partial charge in [0, 0.05) is 16.1 Å². The van der Waals surface area contributed by atoms with E-state index in [1.165, 1.54) is 0 Å². The van der Waals surface area contributed by atoms with Crippen LogP contribution in [-0.4, -0.2) is 5.11 Å². The Morgan fingerprint density at radius 3 is 2.60 bits per heavy atom. The van der Waals surface area contributed by atoms with E-state index in [1.54, 1.807) is 12.1 Å². The van der Waals surface area contributed by atoms with Crippen molar-refractivity contribution in [1.29, 1.82) is 0 Å². The Balaban J connectivity index is 0.00000196. The van der Waals surface area contributed by atoms with Crippen molar-refractivity contribution in [3.63, 3.8) is 0 Å². The molecule has 0 unspecified atom stereocenters. The second kappa shape index (κ2) is 6.53. The van der Waals surface area contributed by atoms with E-state index in [0.29, 0.717) is 16.5 Å². The first-order chi connectivity index (χ1) is 6.56. The van der Waals surface area contributed by atoms with Gasteiger partial charge in [0.2, 0.25) is 0 Å². The molecule has 2 nitrogen and oxygen atoms in total. The maximum Gasteiger partial charge on any atom is 0.134 e. The molecule has 0 aliphatic heterocycles. The highest BCUT2D eigenvalue weighted by atomic mass is 79.9.